The number of benzene rings is 1. The van der Waals surface area contributed by atoms with Crippen LogP contribution in [0.15, 0.2) is 35.4 Å². The molecule has 1 aliphatic carbocycles. The van der Waals surface area contributed by atoms with Gasteiger partial charge in [-0.15, -0.1) is 0 Å². The van der Waals surface area contributed by atoms with E-state index in [1.807, 2.05) is 32.3 Å². The van der Waals surface area contributed by atoms with E-state index in [0.717, 1.165) is 36.4 Å². The quantitative estimate of drug-likeness (QED) is 0.697. The second-order valence-electron chi connectivity index (χ2n) is 7.46. The van der Waals surface area contributed by atoms with Crippen molar-refractivity contribution < 1.29 is 4.79 Å². The van der Waals surface area contributed by atoms with E-state index in [1.54, 1.807) is 21.7 Å². The van der Waals surface area contributed by atoms with E-state index in [4.69, 9.17) is 0 Å². The number of hydrogen-bond acceptors (Lipinski definition) is 3. The monoisotopic (exact) mass is 367 g/mol. The summed E-state index contributed by atoms with van der Waals surface area (Å²) in [6, 6.07) is 5.49. The van der Waals surface area contributed by atoms with Crippen molar-refractivity contribution in [2.24, 2.45) is 5.92 Å². The zero-order chi connectivity index (χ0) is 19.0. The van der Waals surface area contributed by atoms with Crippen LogP contribution in [0.5, 0.6) is 0 Å². The van der Waals surface area contributed by atoms with E-state index in [1.165, 1.54) is 12.8 Å². The molecule has 3 aromatic rings. The van der Waals surface area contributed by atoms with Gasteiger partial charge in [0.25, 0.3) is 5.91 Å². The summed E-state index contributed by atoms with van der Waals surface area (Å²) in [4.78, 5) is 33.8. The van der Waals surface area contributed by atoms with Gasteiger partial charge in [-0.05, 0) is 50.3 Å². The fraction of sp³-hybridized carbons (Fsp3) is 0.450. The Morgan fingerprint density at radius 1 is 1.37 bits per heavy atom. The number of fused-ring (bicyclic) bond motifs is 1. The molecular formula is C20H25N5O2. The van der Waals surface area contributed by atoms with Crippen LogP contribution >= 0.6 is 0 Å². The van der Waals surface area contributed by atoms with E-state index in [-0.39, 0.29) is 11.6 Å². The number of aromatic nitrogens is 4. The molecule has 0 spiro atoms. The van der Waals surface area contributed by atoms with Gasteiger partial charge in [-0.1, -0.05) is 0 Å². The Kier molecular flexibility index (Phi) is 4.59. The summed E-state index contributed by atoms with van der Waals surface area (Å²) < 4.78 is 3.87. The van der Waals surface area contributed by atoms with E-state index in [0.29, 0.717) is 18.0 Å². The van der Waals surface area contributed by atoms with Gasteiger partial charge in [0.05, 0.1) is 11.0 Å². The first kappa shape index (κ1) is 17.6. The molecule has 0 radical (unpaired) electrons. The summed E-state index contributed by atoms with van der Waals surface area (Å²) in [5.74, 6) is 1.57. The maximum Gasteiger partial charge on any atom is 0.326 e. The lowest BCUT2D eigenvalue weighted by molar-refractivity contribution is 0.0792. The third kappa shape index (κ3) is 3.67. The summed E-state index contributed by atoms with van der Waals surface area (Å²) in [6.07, 6.45) is 6.98. The molecule has 0 atom stereocenters. The van der Waals surface area contributed by atoms with Crippen LogP contribution in [-0.2, 0) is 13.1 Å². The zero-order valence-corrected chi connectivity index (χ0v) is 15.8. The number of carbonyl (C=O) groups is 1. The van der Waals surface area contributed by atoms with E-state index in [2.05, 4.69) is 14.5 Å². The Hall–Kier alpha value is -2.83. The number of nitrogens with zero attached hydrogens (tertiary/aromatic N) is 4. The summed E-state index contributed by atoms with van der Waals surface area (Å²) in [5, 5.41) is 0. The van der Waals surface area contributed by atoms with Crippen LogP contribution in [0.25, 0.3) is 11.0 Å². The number of amides is 1. The number of aryl methyl sites for hydroxylation is 2. The molecule has 4 rings (SSSR count). The molecule has 1 amide bonds. The van der Waals surface area contributed by atoms with Gasteiger partial charge in [-0.25, -0.2) is 9.78 Å². The van der Waals surface area contributed by atoms with E-state index >= 15 is 0 Å². The average Bonchev–Trinajstić information content (AvgIpc) is 3.31. The lowest BCUT2D eigenvalue weighted by atomic mass is 10.1. The topological polar surface area (TPSA) is 75.9 Å². The molecule has 0 unspecified atom stereocenters. The minimum absolute atomic E-state index is 0.0324. The predicted molar refractivity (Wildman–Crippen MR) is 104 cm³/mol. The van der Waals surface area contributed by atoms with Gasteiger partial charge >= 0.3 is 5.69 Å². The number of hydrogen-bond donors (Lipinski definition) is 1. The molecule has 1 aromatic carbocycles. The van der Waals surface area contributed by atoms with Gasteiger partial charge in [-0.2, -0.15) is 0 Å². The van der Waals surface area contributed by atoms with Crippen LogP contribution in [0, 0.1) is 12.8 Å². The van der Waals surface area contributed by atoms with Crippen molar-refractivity contribution in [1.82, 2.24) is 24.0 Å². The van der Waals surface area contributed by atoms with Crippen LogP contribution in [0.2, 0.25) is 0 Å². The van der Waals surface area contributed by atoms with Gasteiger partial charge in [0, 0.05) is 44.6 Å². The molecule has 2 aromatic heterocycles. The van der Waals surface area contributed by atoms with Gasteiger partial charge < -0.3 is 14.5 Å². The Balaban J connectivity index is 1.43. The Labute approximate surface area is 157 Å². The zero-order valence-electron chi connectivity index (χ0n) is 15.8. The molecule has 1 fully saturated rings. The highest BCUT2D eigenvalue weighted by Gasteiger charge is 2.24. The van der Waals surface area contributed by atoms with E-state index < -0.39 is 0 Å². The molecule has 0 saturated heterocycles. The first-order valence-corrected chi connectivity index (χ1v) is 9.48. The van der Waals surface area contributed by atoms with Gasteiger partial charge in [0.2, 0.25) is 0 Å². The van der Waals surface area contributed by atoms with Crippen LogP contribution in [0.1, 0.15) is 35.4 Å². The molecule has 2 heterocycles. The summed E-state index contributed by atoms with van der Waals surface area (Å²) in [7, 11) is 1.81. The number of nitrogens with one attached hydrogen (secondary N) is 1. The number of rotatable bonds is 7. The Bertz CT molecular complexity index is 1020. The number of carbonyl (C=O) groups excluding carboxylic acids is 1. The van der Waals surface area contributed by atoms with Crippen molar-refractivity contribution in [2.75, 3.05) is 13.6 Å². The molecule has 0 bridgehead atoms. The average molecular weight is 367 g/mol. The SMILES string of the molecule is Cc1nccn1CCCN(C)C(=O)c1ccc2c(c1)[nH]c(=O)n2CC1CC1. The molecule has 1 aliphatic rings. The Morgan fingerprint density at radius 3 is 2.89 bits per heavy atom. The molecule has 0 aliphatic heterocycles. The lowest BCUT2D eigenvalue weighted by Gasteiger charge is -2.17. The fourth-order valence-electron chi connectivity index (χ4n) is 3.48. The third-order valence-electron chi connectivity index (χ3n) is 5.32. The smallest absolute Gasteiger partial charge is 0.326 e. The van der Waals surface area contributed by atoms with Crippen molar-refractivity contribution in [2.45, 2.75) is 39.3 Å². The highest BCUT2D eigenvalue weighted by atomic mass is 16.2. The molecule has 7 nitrogen and oxygen atoms in total. The fourth-order valence-corrected chi connectivity index (χ4v) is 3.48. The maximum atomic E-state index is 12.7. The Morgan fingerprint density at radius 2 is 2.19 bits per heavy atom. The van der Waals surface area contributed by atoms with Crippen LogP contribution in [-0.4, -0.2) is 43.5 Å². The molecule has 142 valence electrons. The lowest BCUT2D eigenvalue weighted by Crippen LogP contribution is -2.28. The molecule has 7 heteroatoms. The second-order valence-corrected chi connectivity index (χ2v) is 7.46. The van der Waals surface area contributed by atoms with Crippen LogP contribution in [0.4, 0.5) is 0 Å². The minimum atomic E-state index is -0.0921. The highest BCUT2D eigenvalue weighted by Crippen LogP contribution is 2.31. The first-order valence-electron chi connectivity index (χ1n) is 9.48. The van der Waals surface area contributed by atoms with Gasteiger partial charge in [0.15, 0.2) is 0 Å². The van der Waals surface area contributed by atoms with Crippen molar-refractivity contribution in [3.05, 3.63) is 52.5 Å². The summed E-state index contributed by atoms with van der Waals surface area (Å²) in [6.45, 7) is 4.23. The molecular weight excluding hydrogens is 342 g/mol. The minimum Gasteiger partial charge on any atom is -0.342 e. The van der Waals surface area contributed by atoms with Crippen molar-refractivity contribution in [3.8, 4) is 0 Å². The van der Waals surface area contributed by atoms with Crippen LogP contribution in [0.3, 0.4) is 0 Å². The van der Waals surface area contributed by atoms with Gasteiger partial charge in [0.1, 0.15) is 5.82 Å². The second kappa shape index (κ2) is 7.06. The molecule has 1 saturated carbocycles. The largest absolute Gasteiger partial charge is 0.342 e. The molecule has 1 N–H and O–H groups in total. The van der Waals surface area contributed by atoms with Crippen LogP contribution < -0.4 is 5.69 Å². The third-order valence-corrected chi connectivity index (χ3v) is 5.32. The van der Waals surface area contributed by atoms with Crippen molar-refractivity contribution in [3.63, 3.8) is 0 Å². The predicted octanol–water partition coefficient (Wildman–Crippen LogP) is 2.41. The summed E-state index contributed by atoms with van der Waals surface area (Å²) in [5.41, 5.74) is 2.12. The number of H-pyrrole nitrogens is 1. The van der Waals surface area contributed by atoms with Crippen molar-refractivity contribution in [1.29, 1.82) is 0 Å². The van der Waals surface area contributed by atoms with Crippen molar-refractivity contribution >= 4 is 16.9 Å². The number of imidazole rings is 2. The normalized spacial score (nSPS) is 14.0. The molecule has 27 heavy (non-hydrogen) atoms. The maximum absolute atomic E-state index is 12.7. The van der Waals surface area contributed by atoms with E-state index in [9.17, 15) is 9.59 Å². The first-order chi connectivity index (χ1) is 13.0. The number of aromatic amines is 1. The standard InChI is InChI=1S/C20H25N5O2/c1-14-21-8-11-24(14)10-3-9-23(2)19(26)16-6-7-18-17(12-16)22-20(27)25(18)13-15-4-5-15/h6-8,11-12,15H,3-5,9-10,13H2,1-2H3,(H,22,27). The van der Waals surface area contributed by atoms with Gasteiger partial charge in [-0.3, -0.25) is 9.36 Å². The summed E-state index contributed by atoms with van der Waals surface area (Å²) >= 11 is 0. The highest BCUT2D eigenvalue weighted by molar-refractivity contribution is 5.97.